The van der Waals surface area contributed by atoms with E-state index in [0.29, 0.717) is 24.9 Å². The fourth-order valence-corrected chi connectivity index (χ4v) is 4.66. The number of carbonyl (C=O) groups excluding carboxylic acids is 1. The molecule has 2 fully saturated rings. The summed E-state index contributed by atoms with van der Waals surface area (Å²) in [5.74, 6) is -0.577. The van der Waals surface area contributed by atoms with Crippen molar-refractivity contribution < 1.29 is 26.9 Å². The zero-order valence-corrected chi connectivity index (χ0v) is 17.3. The minimum Gasteiger partial charge on any atom is -0.364 e. The van der Waals surface area contributed by atoms with Crippen LogP contribution < -0.4 is 5.32 Å². The van der Waals surface area contributed by atoms with Crippen molar-refractivity contribution in [1.82, 2.24) is 25.0 Å². The average molecular weight is 462 g/mol. The van der Waals surface area contributed by atoms with E-state index in [-0.39, 0.29) is 46.9 Å². The van der Waals surface area contributed by atoms with Crippen LogP contribution in [0.2, 0.25) is 0 Å². The zero-order chi connectivity index (χ0) is 23.3. The lowest BCUT2D eigenvalue weighted by atomic mass is 9.95. The lowest BCUT2D eigenvalue weighted by Crippen LogP contribution is -2.40. The molecule has 33 heavy (non-hydrogen) atoms. The topological polar surface area (TPSA) is 97.0 Å². The first kappa shape index (κ1) is 21.3. The van der Waals surface area contributed by atoms with Crippen LogP contribution in [0.15, 0.2) is 35.1 Å². The van der Waals surface area contributed by atoms with Gasteiger partial charge in [-0.1, -0.05) is 11.2 Å². The van der Waals surface area contributed by atoms with Crippen LogP contribution in [-0.2, 0) is 6.18 Å². The highest BCUT2D eigenvalue weighted by Crippen LogP contribution is 2.41. The third-order valence-corrected chi connectivity index (χ3v) is 6.03. The highest BCUT2D eigenvalue weighted by Gasteiger charge is 2.49. The quantitative estimate of drug-likeness (QED) is 0.589. The van der Waals surface area contributed by atoms with E-state index in [1.807, 2.05) is 0 Å². The van der Waals surface area contributed by atoms with Crippen molar-refractivity contribution in [1.29, 1.82) is 0 Å². The summed E-state index contributed by atoms with van der Waals surface area (Å²) in [4.78, 5) is 26.5. The maximum Gasteiger partial charge on any atom is 0.434 e. The molecule has 2 aliphatic rings. The van der Waals surface area contributed by atoms with Gasteiger partial charge >= 0.3 is 6.18 Å². The van der Waals surface area contributed by atoms with Crippen molar-refractivity contribution in [2.45, 2.75) is 50.5 Å². The van der Waals surface area contributed by atoms with Crippen LogP contribution in [0.1, 0.15) is 41.1 Å². The molecule has 4 heterocycles. The molecule has 2 saturated heterocycles. The van der Waals surface area contributed by atoms with E-state index in [1.54, 1.807) is 11.8 Å². The standard InChI is InChI=1S/C21H18F4N6O2/c1-10-28-19(33-30-10)18-12(3-2-4-13(18)22)20(32)31-11-5-6-15(31)14(7-11)29-17-9-26-16(8-27-17)21(23,24)25/h2-4,8-9,11,14-15H,5-7H2,1H3,(H,27,29)/t11-,14-,15+/m1/s1. The van der Waals surface area contributed by atoms with Gasteiger partial charge in [-0.25, -0.2) is 14.4 Å². The van der Waals surface area contributed by atoms with Gasteiger partial charge in [0.1, 0.15) is 11.6 Å². The molecule has 1 N–H and O–H groups in total. The monoisotopic (exact) mass is 462 g/mol. The molecule has 12 heteroatoms. The number of nitrogens with one attached hydrogen (secondary N) is 1. The number of amides is 1. The highest BCUT2D eigenvalue weighted by molar-refractivity contribution is 6.00. The summed E-state index contributed by atoms with van der Waals surface area (Å²) >= 11 is 0. The average Bonchev–Trinajstić information content (AvgIpc) is 3.47. The van der Waals surface area contributed by atoms with E-state index in [4.69, 9.17) is 4.52 Å². The maximum atomic E-state index is 14.7. The van der Waals surface area contributed by atoms with Crippen molar-refractivity contribution in [2.24, 2.45) is 0 Å². The number of aryl methyl sites for hydroxylation is 1. The summed E-state index contributed by atoms with van der Waals surface area (Å²) < 4.78 is 58.0. The lowest BCUT2D eigenvalue weighted by Gasteiger charge is -2.26. The van der Waals surface area contributed by atoms with Gasteiger partial charge in [-0.15, -0.1) is 0 Å². The van der Waals surface area contributed by atoms with Crippen LogP contribution in [0, 0.1) is 12.7 Å². The number of aromatic nitrogens is 4. The fraction of sp³-hybridized carbons (Fsp3) is 0.381. The normalized spacial score (nSPS) is 22.1. The number of rotatable bonds is 4. The van der Waals surface area contributed by atoms with Crippen LogP contribution in [0.25, 0.3) is 11.5 Å². The molecule has 1 aromatic carbocycles. The van der Waals surface area contributed by atoms with E-state index in [2.05, 4.69) is 25.4 Å². The van der Waals surface area contributed by atoms with Crippen LogP contribution in [0.3, 0.4) is 0 Å². The number of carbonyl (C=O) groups is 1. The number of nitrogens with zero attached hydrogens (tertiary/aromatic N) is 5. The summed E-state index contributed by atoms with van der Waals surface area (Å²) in [5.41, 5.74) is -1.01. The smallest absolute Gasteiger partial charge is 0.364 e. The van der Waals surface area contributed by atoms with E-state index in [0.717, 1.165) is 12.6 Å². The Balaban J connectivity index is 1.39. The van der Waals surface area contributed by atoms with E-state index < -0.39 is 17.7 Å². The predicted octanol–water partition coefficient (Wildman–Crippen LogP) is 3.85. The predicted molar refractivity (Wildman–Crippen MR) is 106 cm³/mol. The highest BCUT2D eigenvalue weighted by atomic mass is 19.4. The number of halogens is 4. The second kappa shape index (κ2) is 7.78. The lowest BCUT2D eigenvalue weighted by molar-refractivity contribution is -0.141. The Morgan fingerprint density at radius 1 is 1.21 bits per heavy atom. The number of hydrogen-bond acceptors (Lipinski definition) is 7. The Labute approximate surface area is 185 Å². The van der Waals surface area contributed by atoms with Crippen molar-refractivity contribution in [3.63, 3.8) is 0 Å². The maximum absolute atomic E-state index is 14.7. The molecular weight excluding hydrogens is 444 g/mol. The summed E-state index contributed by atoms with van der Waals surface area (Å²) in [7, 11) is 0. The van der Waals surface area contributed by atoms with E-state index >= 15 is 0 Å². The van der Waals surface area contributed by atoms with Crippen LogP contribution in [0.4, 0.5) is 23.4 Å². The first-order valence-corrected chi connectivity index (χ1v) is 10.3. The second-order valence-corrected chi connectivity index (χ2v) is 8.09. The van der Waals surface area contributed by atoms with Gasteiger partial charge in [-0.3, -0.25) is 4.79 Å². The number of benzene rings is 1. The summed E-state index contributed by atoms with van der Waals surface area (Å²) in [6.07, 6.45) is -0.804. The molecule has 0 spiro atoms. The largest absolute Gasteiger partial charge is 0.434 e. The molecule has 0 saturated carbocycles. The molecule has 0 aliphatic carbocycles. The van der Waals surface area contributed by atoms with Gasteiger partial charge in [0.25, 0.3) is 11.8 Å². The Morgan fingerprint density at radius 2 is 2.03 bits per heavy atom. The number of hydrogen-bond donors (Lipinski definition) is 1. The Hall–Kier alpha value is -3.57. The molecule has 0 radical (unpaired) electrons. The van der Waals surface area contributed by atoms with Crippen molar-refractivity contribution in [3.05, 3.63) is 53.5 Å². The molecule has 172 valence electrons. The molecular formula is C21H18F4N6O2. The second-order valence-electron chi connectivity index (χ2n) is 8.09. The molecule has 3 atom stereocenters. The number of anilines is 1. The van der Waals surface area contributed by atoms with Crippen molar-refractivity contribution in [2.75, 3.05) is 5.32 Å². The molecule has 2 aromatic heterocycles. The van der Waals surface area contributed by atoms with Gasteiger partial charge in [-0.2, -0.15) is 18.2 Å². The van der Waals surface area contributed by atoms with Gasteiger partial charge in [0.05, 0.1) is 35.6 Å². The van der Waals surface area contributed by atoms with Crippen LogP contribution >= 0.6 is 0 Å². The van der Waals surface area contributed by atoms with Crippen molar-refractivity contribution in [3.8, 4) is 11.5 Å². The Morgan fingerprint density at radius 3 is 2.70 bits per heavy atom. The summed E-state index contributed by atoms with van der Waals surface area (Å²) in [6.45, 7) is 1.59. The van der Waals surface area contributed by atoms with Gasteiger partial charge < -0.3 is 14.7 Å². The van der Waals surface area contributed by atoms with Gasteiger partial charge in [0.2, 0.25) is 0 Å². The van der Waals surface area contributed by atoms with E-state index in [1.165, 1.54) is 18.2 Å². The molecule has 2 aliphatic heterocycles. The molecule has 1 amide bonds. The third kappa shape index (κ3) is 3.79. The van der Waals surface area contributed by atoms with Crippen LogP contribution in [0.5, 0.6) is 0 Å². The van der Waals surface area contributed by atoms with Gasteiger partial charge in [-0.05, 0) is 38.3 Å². The Bertz CT molecular complexity index is 1200. The van der Waals surface area contributed by atoms with Gasteiger partial charge in [0.15, 0.2) is 11.5 Å². The molecule has 0 unspecified atom stereocenters. The summed E-state index contributed by atoms with van der Waals surface area (Å²) in [5, 5.41) is 6.78. The first-order valence-electron chi connectivity index (χ1n) is 10.3. The van der Waals surface area contributed by atoms with Crippen molar-refractivity contribution >= 4 is 11.7 Å². The number of fused-ring (bicyclic) bond motifs is 2. The van der Waals surface area contributed by atoms with E-state index in [9.17, 15) is 22.4 Å². The molecule has 3 aromatic rings. The molecule has 5 rings (SSSR count). The third-order valence-electron chi connectivity index (χ3n) is 6.03. The molecule has 2 bridgehead atoms. The van der Waals surface area contributed by atoms with Crippen LogP contribution in [-0.4, -0.2) is 49.0 Å². The van der Waals surface area contributed by atoms with Gasteiger partial charge in [0, 0.05) is 6.04 Å². The SMILES string of the molecule is Cc1noc(-c2c(F)cccc2C(=O)N2[C@@H]3CC[C@H]2[C@H](Nc2cnc(C(F)(F)F)cn2)C3)n1. The molecule has 8 nitrogen and oxygen atoms in total. The minimum atomic E-state index is -4.57. The fourth-order valence-electron chi connectivity index (χ4n) is 4.66. The first-order chi connectivity index (χ1) is 15.7. The number of alkyl halides is 3. The summed E-state index contributed by atoms with van der Waals surface area (Å²) in [6, 6.07) is 3.64. The zero-order valence-electron chi connectivity index (χ0n) is 17.3. The Kier molecular flexibility index (Phi) is 5.02. The minimum absolute atomic E-state index is 0.0486.